The van der Waals surface area contributed by atoms with Gasteiger partial charge in [0.2, 0.25) is 0 Å². The number of Topliss-reactive ketones (excluding diaryl/α,β-unsaturated/α-hetero) is 2. The average Bonchev–Trinajstić information content (AvgIpc) is 2.66. The first kappa shape index (κ1) is 34.4. The topological polar surface area (TPSA) is 114 Å². The second kappa shape index (κ2) is 26.8. The van der Waals surface area contributed by atoms with Crippen LogP contribution in [0.5, 0.6) is 0 Å². The van der Waals surface area contributed by atoms with Gasteiger partial charge >= 0.3 is 17.1 Å². The SMILES string of the molecule is CCCCCCCCCC(=O)CC(=O)[O-].CCCCCCCCCC(=O)CC(=O)[O-].[Mn+2]. The van der Waals surface area contributed by atoms with E-state index in [2.05, 4.69) is 13.8 Å². The van der Waals surface area contributed by atoms with E-state index in [1.807, 2.05) is 0 Å². The molecule has 7 heteroatoms. The van der Waals surface area contributed by atoms with Gasteiger partial charge in [0, 0.05) is 37.6 Å². The Morgan fingerprint density at radius 1 is 0.484 bits per heavy atom. The molecular formula is C24H42MnO6. The minimum Gasteiger partial charge on any atom is -0.550 e. The number of carboxylic acids is 2. The molecule has 0 saturated heterocycles. The van der Waals surface area contributed by atoms with Crippen molar-refractivity contribution in [3.8, 4) is 0 Å². The van der Waals surface area contributed by atoms with E-state index in [0.29, 0.717) is 12.8 Å². The van der Waals surface area contributed by atoms with E-state index < -0.39 is 24.8 Å². The molecule has 0 aliphatic rings. The molecule has 0 bridgehead atoms. The van der Waals surface area contributed by atoms with Gasteiger partial charge < -0.3 is 19.8 Å². The summed E-state index contributed by atoms with van der Waals surface area (Å²) in [5.41, 5.74) is 0. The van der Waals surface area contributed by atoms with E-state index >= 15 is 0 Å². The molecule has 0 aromatic carbocycles. The van der Waals surface area contributed by atoms with Crippen LogP contribution in [0.4, 0.5) is 0 Å². The third kappa shape index (κ3) is 33.6. The Morgan fingerprint density at radius 2 is 0.742 bits per heavy atom. The summed E-state index contributed by atoms with van der Waals surface area (Å²) in [4.78, 5) is 42.1. The van der Waals surface area contributed by atoms with Crippen LogP contribution in [0.3, 0.4) is 0 Å². The van der Waals surface area contributed by atoms with Gasteiger partial charge in [-0.3, -0.25) is 9.59 Å². The van der Waals surface area contributed by atoms with Gasteiger partial charge in [0.1, 0.15) is 11.6 Å². The standard InChI is InChI=1S/2C12H22O3.Mn/c2*1-2-3-4-5-6-7-8-9-11(13)10-12(14)15;/h2*2-10H2,1H3,(H,14,15);/q;;+2/p-2. The fourth-order valence-corrected chi connectivity index (χ4v) is 3.06. The molecule has 0 saturated carbocycles. The van der Waals surface area contributed by atoms with Gasteiger partial charge in [-0.25, -0.2) is 0 Å². The minimum atomic E-state index is -1.26. The molecule has 0 N–H and O–H groups in total. The summed E-state index contributed by atoms with van der Waals surface area (Å²) in [7, 11) is 0. The van der Waals surface area contributed by atoms with Crippen LogP contribution in [-0.4, -0.2) is 23.5 Å². The van der Waals surface area contributed by atoms with Crippen molar-refractivity contribution in [2.45, 2.75) is 129 Å². The van der Waals surface area contributed by atoms with E-state index in [4.69, 9.17) is 0 Å². The maximum absolute atomic E-state index is 11.0. The number of hydrogen-bond donors (Lipinski definition) is 0. The maximum atomic E-state index is 11.0. The van der Waals surface area contributed by atoms with Crippen molar-refractivity contribution in [1.82, 2.24) is 0 Å². The Balaban J connectivity index is -0.000000490. The first-order valence-corrected chi connectivity index (χ1v) is 11.8. The van der Waals surface area contributed by atoms with Gasteiger partial charge in [-0.15, -0.1) is 0 Å². The van der Waals surface area contributed by atoms with Crippen molar-refractivity contribution in [2.24, 2.45) is 0 Å². The summed E-state index contributed by atoms with van der Waals surface area (Å²) in [5, 5.41) is 20.2. The number of aliphatic carboxylic acids is 2. The normalized spacial score (nSPS) is 9.87. The van der Waals surface area contributed by atoms with E-state index in [-0.39, 0.29) is 28.6 Å². The number of carbonyl (C=O) groups is 4. The third-order valence-electron chi connectivity index (χ3n) is 4.80. The largest absolute Gasteiger partial charge is 2.00 e. The van der Waals surface area contributed by atoms with Crippen LogP contribution in [0.25, 0.3) is 0 Å². The smallest absolute Gasteiger partial charge is 0.550 e. The van der Waals surface area contributed by atoms with Crippen LogP contribution in [-0.2, 0) is 36.2 Å². The van der Waals surface area contributed by atoms with E-state index in [0.717, 1.165) is 38.5 Å². The number of ketones is 2. The third-order valence-corrected chi connectivity index (χ3v) is 4.80. The number of rotatable bonds is 20. The maximum Gasteiger partial charge on any atom is 2.00 e. The van der Waals surface area contributed by atoms with Crippen LogP contribution < -0.4 is 10.2 Å². The number of hydrogen-bond acceptors (Lipinski definition) is 6. The Kier molecular flexibility index (Phi) is 29.8. The fourth-order valence-electron chi connectivity index (χ4n) is 3.06. The van der Waals surface area contributed by atoms with Crippen molar-refractivity contribution >= 4 is 23.5 Å². The summed E-state index contributed by atoms with van der Waals surface area (Å²) >= 11 is 0. The van der Waals surface area contributed by atoms with E-state index in [9.17, 15) is 29.4 Å². The molecule has 0 aliphatic carbocycles. The Labute approximate surface area is 199 Å². The zero-order chi connectivity index (χ0) is 23.0. The Morgan fingerprint density at radius 3 is 1.00 bits per heavy atom. The first-order valence-electron chi connectivity index (χ1n) is 11.8. The van der Waals surface area contributed by atoms with Crippen molar-refractivity contribution in [1.29, 1.82) is 0 Å². The van der Waals surface area contributed by atoms with Crippen molar-refractivity contribution < 1.29 is 46.5 Å². The molecule has 0 aromatic heterocycles. The average molecular weight is 482 g/mol. The molecule has 0 aliphatic heterocycles. The molecule has 1 radical (unpaired) electrons. The van der Waals surface area contributed by atoms with Gasteiger partial charge in [0.25, 0.3) is 0 Å². The predicted octanol–water partition coefficient (Wildman–Crippen LogP) is 3.67. The Bertz CT molecular complexity index is 423. The molecule has 0 amide bonds. The van der Waals surface area contributed by atoms with Gasteiger partial charge in [-0.05, 0) is 12.8 Å². The van der Waals surface area contributed by atoms with Crippen molar-refractivity contribution in [3.05, 3.63) is 0 Å². The summed E-state index contributed by atoms with van der Waals surface area (Å²) in [6.45, 7) is 4.36. The summed E-state index contributed by atoms with van der Waals surface area (Å²) in [6, 6.07) is 0. The van der Waals surface area contributed by atoms with Crippen LogP contribution >= 0.6 is 0 Å². The first-order chi connectivity index (χ1) is 14.3. The monoisotopic (exact) mass is 481 g/mol. The van der Waals surface area contributed by atoms with E-state index in [1.54, 1.807) is 0 Å². The molecule has 0 atom stereocenters. The quantitative estimate of drug-likeness (QED) is 0.149. The molecule has 181 valence electrons. The predicted molar refractivity (Wildman–Crippen MR) is 114 cm³/mol. The molecule has 0 aromatic rings. The van der Waals surface area contributed by atoms with Gasteiger partial charge in [0.05, 0.1) is 0 Å². The second-order valence-electron chi connectivity index (χ2n) is 7.92. The number of unbranched alkanes of at least 4 members (excludes halogenated alkanes) is 12. The van der Waals surface area contributed by atoms with E-state index in [1.165, 1.54) is 51.4 Å². The summed E-state index contributed by atoms with van der Waals surface area (Å²) < 4.78 is 0. The van der Waals surface area contributed by atoms with Crippen LogP contribution in [0.2, 0.25) is 0 Å². The summed E-state index contributed by atoms with van der Waals surface area (Å²) in [6.07, 6.45) is 16.0. The Hall–Kier alpha value is -1.20. The zero-order valence-corrected chi connectivity index (χ0v) is 20.7. The molecular weight excluding hydrogens is 439 g/mol. The molecule has 0 heterocycles. The van der Waals surface area contributed by atoms with Crippen molar-refractivity contribution in [3.63, 3.8) is 0 Å². The molecule has 0 spiro atoms. The molecule has 0 unspecified atom stereocenters. The van der Waals surface area contributed by atoms with Crippen LogP contribution in [0, 0.1) is 0 Å². The van der Waals surface area contributed by atoms with Crippen LogP contribution in [0.15, 0.2) is 0 Å². The minimum absolute atomic E-state index is 0. The molecule has 31 heavy (non-hydrogen) atoms. The van der Waals surface area contributed by atoms with Crippen molar-refractivity contribution in [2.75, 3.05) is 0 Å². The molecule has 0 rings (SSSR count). The number of carboxylic acid groups (broad SMARTS) is 2. The zero-order valence-electron chi connectivity index (χ0n) is 19.6. The fraction of sp³-hybridized carbons (Fsp3) is 0.833. The van der Waals surface area contributed by atoms with Gasteiger partial charge in [-0.1, -0.05) is 90.9 Å². The molecule has 0 fully saturated rings. The summed E-state index contributed by atoms with van der Waals surface area (Å²) in [5.74, 6) is -2.93. The van der Waals surface area contributed by atoms with Gasteiger partial charge in [0.15, 0.2) is 0 Å². The number of carbonyl (C=O) groups excluding carboxylic acids is 4. The second-order valence-corrected chi connectivity index (χ2v) is 7.92. The van der Waals surface area contributed by atoms with Gasteiger partial charge in [-0.2, -0.15) is 0 Å². The van der Waals surface area contributed by atoms with Crippen LogP contribution in [0.1, 0.15) is 129 Å². The molecule has 6 nitrogen and oxygen atoms in total.